The number of carbonyl (C=O) groups is 1. The van der Waals surface area contributed by atoms with Gasteiger partial charge in [0.15, 0.2) is 0 Å². The maximum Gasteiger partial charge on any atom is 0.227 e. The lowest BCUT2D eigenvalue weighted by Gasteiger charge is -2.33. The highest BCUT2D eigenvalue weighted by atomic mass is 35.5. The third-order valence-corrected chi connectivity index (χ3v) is 5.47. The summed E-state index contributed by atoms with van der Waals surface area (Å²) in [6.07, 6.45) is 3.27. The van der Waals surface area contributed by atoms with E-state index in [1.165, 1.54) is 0 Å². The number of benzene rings is 1. The molecule has 1 atom stereocenters. The normalized spacial score (nSPS) is 16.6. The lowest BCUT2D eigenvalue weighted by Crippen LogP contribution is -2.48. The summed E-state index contributed by atoms with van der Waals surface area (Å²) in [7, 11) is 1.64. The predicted molar refractivity (Wildman–Crippen MR) is 114 cm³/mol. The van der Waals surface area contributed by atoms with Crippen LogP contribution in [0, 0.1) is 6.92 Å². The second kappa shape index (κ2) is 8.93. The van der Waals surface area contributed by atoms with Crippen LogP contribution in [-0.2, 0) is 16.0 Å². The molecule has 8 heteroatoms. The Hall–Kier alpha value is -2.77. The number of aryl methyl sites for hydroxylation is 1. The number of hydrogen-bond donors (Lipinski definition) is 1. The number of nitrogens with zero attached hydrogens (tertiary/aromatic N) is 2. The molecule has 1 aliphatic rings. The molecule has 1 saturated heterocycles. The van der Waals surface area contributed by atoms with Crippen LogP contribution in [0.25, 0.3) is 10.9 Å². The molecule has 0 bridgehead atoms. The average Bonchev–Trinajstić information content (AvgIpc) is 3.06. The minimum absolute atomic E-state index is 0.0690. The number of carbonyl (C=O) groups excluding carboxylic acids is 1. The summed E-state index contributed by atoms with van der Waals surface area (Å²) in [5.74, 6) is 1.42. The second-order valence-electron chi connectivity index (χ2n) is 7.30. The third kappa shape index (κ3) is 4.52. The van der Waals surface area contributed by atoms with Gasteiger partial charge >= 0.3 is 0 Å². The molecule has 30 heavy (non-hydrogen) atoms. The minimum Gasteiger partial charge on any atom is -0.497 e. The van der Waals surface area contributed by atoms with Crippen molar-refractivity contribution in [1.29, 1.82) is 0 Å². The van der Waals surface area contributed by atoms with E-state index in [9.17, 15) is 4.79 Å². The summed E-state index contributed by atoms with van der Waals surface area (Å²) in [6, 6.07) is 7.55. The Bertz CT molecular complexity index is 1050. The SMILES string of the molecule is COc1ccc2[nH]c(C)c(CC(=O)N3CCOC(COc4cncc(Cl)c4)C3)c2c1. The first-order chi connectivity index (χ1) is 14.5. The molecule has 0 spiro atoms. The maximum atomic E-state index is 13.0. The van der Waals surface area contributed by atoms with Gasteiger partial charge in [0.1, 0.15) is 24.2 Å². The van der Waals surface area contributed by atoms with Crippen molar-refractivity contribution in [1.82, 2.24) is 14.9 Å². The van der Waals surface area contributed by atoms with Crippen LogP contribution in [-0.4, -0.2) is 60.3 Å². The molecule has 4 rings (SSSR count). The molecule has 3 heterocycles. The zero-order valence-electron chi connectivity index (χ0n) is 17.0. The monoisotopic (exact) mass is 429 g/mol. The molecule has 1 unspecified atom stereocenters. The van der Waals surface area contributed by atoms with Gasteiger partial charge in [-0.15, -0.1) is 0 Å². The average molecular weight is 430 g/mol. The van der Waals surface area contributed by atoms with E-state index in [-0.39, 0.29) is 12.0 Å². The van der Waals surface area contributed by atoms with Crippen LogP contribution >= 0.6 is 11.6 Å². The molecule has 0 aliphatic carbocycles. The Balaban J connectivity index is 1.41. The number of ether oxygens (including phenoxy) is 3. The Kier molecular flexibility index (Phi) is 6.11. The Morgan fingerprint density at radius 3 is 3.00 bits per heavy atom. The molecular formula is C22H24ClN3O4. The van der Waals surface area contributed by atoms with E-state index >= 15 is 0 Å². The largest absolute Gasteiger partial charge is 0.497 e. The van der Waals surface area contributed by atoms with Gasteiger partial charge in [0.05, 0.1) is 37.9 Å². The Morgan fingerprint density at radius 1 is 1.33 bits per heavy atom. The lowest BCUT2D eigenvalue weighted by atomic mass is 10.1. The summed E-state index contributed by atoms with van der Waals surface area (Å²) >= 11 is 5.93. The highest BCUT2D eigenvalue weighted by Crippen LogP contribution is 2.27. The molecule has 1 fully saturated rings. The van der Waals surface area contributed by atoms with E-state index in [0.29, 0.717) is 43.5 Å². The van der Waals surface area contributed by atoms with Crippen LogP contribution in [0.4, 0.5) is 0 Å². The van der Waals surface area contributed by atoms with Crippen molar-refractivity contribution in [2.75, 3.05) is 33.4 Å². The lowest BCUT2D eigenvalue weighted by molar-refractivity contribution is -0.139. The fraction of sp³-hybridized carbons (Fsp3) is 0.364. The van der Waals surface area contributed by atoms with Crippen molar-refractivity contribution < 1.29 is 19.0 Å². The van der Waals surface area contributed by atoms with Crippen LogP contribution in [0.5, 0.6) is 11.5 Å². The Morgan fingerprint density at radius 2 is 2.20 bits per heavy atom. The third-order valence-electron chi connectivity index (χ3n) is 5.26. The molecule has 3 aromatic rings. The first-order valence-electron chi connectivity index (χ1n) is 9.81. The highest BCUT2D eigenvalue weighted by Gasteiger charge is 2.26. The van der Waals surface area contributed by atoms with Gasteiger partial charge < -0.3 is 24.1 Å². The molecule has 2 aromatic heterocycles. The smallest absolute Gasteiger partial charge is 0.227 e. The number of amides is 1. The number of H-pyrrole nitrogens is 1. The molecule has 7 nitrogen and oxygen atoms in total. The number of aromatic amines is 1. The van der Waals surface area contributed by atoms with Crippen molar-refractivity contribution in [2.45, 2.75) is 19.4 Å². The van der Waals surface area contributed by atoms with E-state index in [1.807, 2.05) is 30.0 Å². The fourth-order valence-electron chi connectivity index (χ4n) is 3.69. The zero-order valence-corrected chi connectivity index (χ0v) is 17.7. The molecule has 0 radical (unpaired) electrons. The number of halogens is 1. The van der Waals surface area contributed by atoms with Gasteiger partial charge in [-0.05, 0) is 30.7 Å². The Labute approximate surface area is 179 Å². The predicted octanol–water partition coefficient (Wildman–Crippen LogP) is 3.38. The number of pyridine rings is 1. The number of morpholine rings is 1. The molecular weight excluding hydrogens is 406 g/mol. The van der Waals surface area contributed by atoms with Crippen molar-refractivity contribution in [3.63, 3.8) is 0 Å². The van der Waals surface area contributed by atoms with E-state index in [1.54, 1.807) is 25.6 Å². The first-order valence-corrected chi connectivity index (χ1v) is 10.2. The van der Waals surface area contributed by atoms with Crippen molar-refractivity contribution in [3.05, 3.63) is 52.9 Å². The number of nitrogens with one attached hydrogen (secondary N) is 1. The summed E-state index contributed by atoms with van der Waals surface area (Å²) in [6.45, 7) is 3.85. The van der Waals surface area contributed by atoms with Gasteiger partial charge in [-0.3, -0.25) is 9.78 Å². The van der Waals surface area contributed by atoms with Crippen molar-refractivity contribution >= 4 is 28.4 Å². The van der Waals surface area contributed by atoms with Crippen molar-refractivity contribution in [2.24, 2.45) is 0 Å². The summed E-state index contributed by atoms with van der Waals surface area (Å²) in [4.78, 5) is 22.2. The first kappa shape index (κ1) is 20.5. The standard InChI is InChI=1S/C22H24ClN3O4/c1-14-19(20-8-16(28-2)3-4-21(20)25-14)9-22(27)26-5-6-29-18(12-26)13-30-17-7-15(23)10-24-11-17/h3-4,7-8,10-11,18,25H,5-6,9,12-13H2,1-2H3. The van der Waals surface area contributed by atoms with E-state index in [4.69, 9.17) is 25.8 Å². The van der Waals surface area contributed by atoms with Gasteiger partial charge in [-0.2, -0.15) is 0 Å². The summed E-state index contributed by atoms with van der Waals surface area (Å²) < 4.78 is 16.8. The quantitative estimate of drug-likeness (QED) is 0.650. The minimum atomic E-state index is -0.203. The summed E-state index contributed by atoms with van der Waals surface area (Å²) in [5.41, 5.74) is 2.99. The zero-order chi connectivity index (χ0) is 21.1. The van der Waals surface area contributed by atoms with Gasteiger partial charge in [-0.25, -0.2) is 0 Å². The summed E-state index contributed by atoms with van der Waals surface area (Å²) in [5, 5.41) is 1.53. The number of aromatic nitrogens is 2. The highest BCUT2D eigenvalue weighted by molar-refractivity contribution is 6.30. The van der Waals surface area contributed by atoms with E-state index < -0.39 is 0 Å². The van der Waals surface area contributed by atoms with E-state index in [0.717, 1.165) is 27.9 Å². The number of hydrogen-bond acceptors (Lipinski definition) is 5. The molecule has 158 valence electrons. The van der Waals surface area contributed by atoms with Gasteiger partial charge in [0.2, 0.25) is 5.91 Å². The fourth-order valence-corrected chi connectivity index (χ4v) is 3.85. The molecule has 1 aliphatic heterocycles. The van der Waals surface area contributed by atoms with Gasteiger partial charge in [0, 0.05) is 35.4 Å². The maximum absolute atomic E-state index is 13.0. The van der Waals surface area contributed by atoms with Crippen LogP contribution in [0.2, 0.25) is 5.02 Å². The topological polar surface area (TPSA) is 76.7 Å². The second-order valence-corrected chi connectivity index (χ2v) is 7.74. The van der Waals surface area contributed by atoms with Crippen LogP contribution in [0.15, 0.2) is 36.7 Å². The van der Waals surface area contributed by atoms with Crippen molar-refractivity contribution in [3.8, 4) is 11.5 Å². The van der Waals surface area contributed by atoms with Gasteiger partial charge in [0.25, 0.3) is 0 Å². The number of methoxy groups -OCH3 is 1. The molecule has 0 saturated carbocycles. The number of fused-ring (bicyclic) bond motifs is 1. The van der Waals surface area contributed by atoms with Crippen LogP contribution < -0.4 is 9.47 Å². The molecule has 1 amide bonds. The van der Waals surface area contributed by atoms with E-state index in [2.05, 4.69) is 9.97 Å². The van der Waals surface area contributed by atoms with Crippen LogP contribution in [0.3, 0.4) is 0 Å². The molecule has 1 aromatic carbocycles. The van der Waals surface area contributed by atoms with Gasteiger partial charge in [-0.1, -0.05) is 11.6 Å². The van der Waals surface area contributed by atoms with Crippen LogP contribution in [0.1, 0.15) is 11.3 Å². The molecule has 1 N–H and O–H groups in total. The number of rotatable bonds is 6.